The fourth-order valence-electron chi connectivity index (χ4n) is 2.91. The van der Waals surface area contributed by atoms with Crippen molar-refractivity contribution >= 4 is 28.0 Å². The number of hydrogen-bond acceptors (Lipinski definition) is 4. The zero-order valence-electron chi connectivity index (χ0n) is 13.7. The Hall–Kier alpha value is -2.01. The summed E-state index contributed by atoms with van der Waals surface area (Å²) in [5.41, 5.74) is 2.00. The minimum absolute atomic E-state index is 0.185. The van der Waals surface area contributed by atoms with Crippen LogP contribution in [0.15, 0.2) is 35.8 Å². The summed E-state index contributed by atoms with van der Waals surface area (Å²) >= 11 is 1.53. The Morgan fingerprint density at radius 1 is 1.30 bits per heavy atom. The Kier molecular flexibility index (Phi) is 4.57. The molecule has 2 heterocycles. The number of hydrogen-bond donors (Lipinski definition) is 0. The number of ketones is 1. The van der Waals surface area contributed by atoms with E-state index in [-0.39, 0.29) is 11.8 Å². The molecule has 120 valence electrons. The lowest BCUT2D eigenvalue weighted by Gasteiger charge is -2.19. The standard InChI is InChI=1S/C18H21N3OS/c1-12(2)10-16(17(22)11-18-19-8-9-23-18)21-13(3)14-6-4-5-7-15(14)20-21/h4-9,12,16H,10-11H2,1-3H3. The van der Waals surface area contributed by atoms with Gasteiger partial charge in [-0.05, 0) is 25.3 Å². The quantitative estimate of drug-likeness (QED) is 0.681. The molecule has 23 heavy (non-hydrogen) atoms. The molecule has 0 amide bonds. The molecule has 1 unspecified atom stereocenters. The average molecular weight is 327 g/mol. The number of aromatic nitrogens is 3. The number of benzene rings is 1. The van der Waals surface area contributed by atoms with Gasteiger partial charge in [-0.15, -0.1) is 11.3 Å². The zero-order chi connectivity index (χ0) is 16.4. The van der Waals surface area contributed by atoms with Gasteiger partial charge in [-0.25, -0.2) is 4.98 Å². The third-order valence-corrected chi connectivity index (χ3v) is 4.80. The topological polar surface area (TPSA) is 47.8 Å². The Bertz CT molecular complexity index is 805. The molecule has 0 spiro atoms. The van der Waals surface area contributed by atoms with Crippen LogP contribution in [0.25, 0.3) is 10.9 Å². The minimum Gasteiger partial charge on any atom is -0.297 e. The van der Waals surface area contributed by atoms with Crippen LogP contribution in [0.1, 0.15) is 37.0 Å². The summed E-state index contributed by atoms with van der Waals surface area (Å²) in [7, 11) is 0. The molecule has 0 aliphatic carbocycles. The number of rotatable bonds is 6. The van der Waals surface area contributed by atoms with E-state index in [1.54, 1.807) is 6.20 Å². The molecule has 0 aliphatic rings. The van der Waals surface area contributed by atoms with E-state index in [4.69, 9.17) is 5.10 Å². The van der Waals surface area contributed by atoms with Crippen molar-refractivity contribution in [2.24, 2.45) is 5.92 Å². The second-order valence-electron chi connectivity index (χ2n) is 6.26. The summed E-state index contributed by atoms with van der Waals surface area (Å²) in [6.07, 6.45) is 2.92. The Labute approximate surface area is 140 Å². The van der Waals surface area contributed by atoms with Crippen LogP contribution < -0.4 is 0 Å². The average Bonchev–Trinajstić information content (AvgIpc) is 3.13. The van der Waals surface area contributed by atoms with Crippen molar-refractivity contribution in [3.8, 4) is 0 Å². The number of nitrogens with zero attached hydrogens (tertiary/aromatic N) is 3. The first-order valence-corrected chi connectivity index (χ1v) is 8.79. The summed E-state index contributed by atoms with van der Waals surface area (Å²) < 4.78 is 1.92. The van der Waals surface area contributed by atoms with Crippen LogP contribution in [0, 0.1) is 12.8 Å². The molecule has 0 radical (unpaired) electrons. The molecule has 1 aromatic carbocycles. The molecule has 0 bridgehead atoms. The second kappa shape index (κ2) is 6.62. The molecule has 0 aliphatic heterocycles. The van der Waals surface area contributed by atoms with Crippen molar-refractivity contribution in [1.29, 1.82) is 0 Å². The number of carbonyl (C=O) groups is 1. The van der Waals surface area contributed by atoms with E-state index in [0.717, 1.165) is 28.0 Å². The maximum absolute atomic E-state index is 12.9. The number of aryl methyl sites for hydroxylation is 1. The van der Waals surface area contributed by atoms with Crippen molar-refractivity contribution in [3.63, 3.8) is 0 Å². The molecule has 0 saturated carbocycles. The number of Topliss-reactive ketones (excluding diaryl/α,β-unsaturated/α-hetero) is 1. The summed E-state index contributed by atoms with van der Waals surface area (Å²) in [5, 5.41) is 8.59. The first-order chi connectivity index (χ1) is 11.1. The van der Waals surface area contributed by atoms with Crippen molar-refractivity contribution in [2.75, 3.05) is 0 Å². The van der Waals surface area contributed by atoms with Gasteiger partial charge in [0.25, 0.3) is 0 Å². The SMILES string of the molecule is Cc1c2ccccc2nn1C(CC(C)C)C(=O)Cc1nccs1. The van der Waals surface area contributed by atoms with Crippen molar-refractivity contribution in [3.05, 3.63) is 46.5 Å². The number of fused-ring (bicyclic) bond motifs is 1. The second-order valence-corrected chi connectivity index (χ2v) is 7.24. The Morgan fingerprint density at radius 3 is 2.74 bits per heavy atom. The Morgan fingerprint density at radius 2 is 2.09 bits per heavy atom. The maximum Gasteiger partial charge on any atom is 0.164 e. The van der Waals surface area contributed by atoms with E-state index < -0.39 is 0 Å². The highest BCUT2D eigenvalue weighted by Gasteiger charge is 2.25. The van der Waals surface area contributed by atoms with E-state index in [1.807, 2.05) is 35.2 Å². The van der Waals surface area contributed by atoms with Crippen LogP contribution in [0.3, 0.4) is 0 Å². The van der Waals surface area contributed by atoms with Crippen molar-refractivity contribution in [1.82, 2.24) is 14.8 Å². The van der Waals surface area contributed by atoms with Crippen LogP contribution in [0.4, 0.5) is 0 Å². The van der Waals surface area contributed by atoms with Crippen LogP contribution >= 0.6 is 11.3 Å². The van der Waals surface area contributed by atoms with E-state index in [1.165, 1.54) is 11.3 Å². The molecular weight excluding hydrogens is 306 g/mol. The van der Waals surface area contributed by atoms with Gasteiger partial charge in [-0.2, -0.15) is 5.10 Å². The molecule has 5 heteroatoms. The van der Waals surface area contributed by atoms with Gasteiger partial charge in [0.2, 0.25) is 0 Å². The molecule has 1 atom stereocenters. The van der Waals surface area contributed by atoms with Gasteiger partial charge in [0.1, 0.15) is 6.04 Å². The van der Waals surface area contributed by atoms with Crippen molar-refractivity contribution < 1.29 is 4.79 Å². The minimum atomic E-state index is -0.230. The van der Waals surface area contributed by atoms with E-state index >= 15 is 0 Å². The van der Waals surface area contributed by atoms with E-state index in [9.17, 15) is 4.79 Å². The smallest absolute Gasteiger partial charge is 0.164 e. The van der Waals surface area contributed by atoms with E-state index in [0.29, 0.717) is 12.3 Å². The third kappa shape index (κ3) is 3.34. The molecular formula is C18H21N3OS. The molecule has 0 fully saturated rings. The molecule has 4 nitrogen and oxygen atoms in total. The molecule has 0 saturated heterocycles. The number of carbonyl (C=O) groups excluding carboxylic acids is 1. The first-order valence-electron chi connectivity index (χ1n) is 7.91. The van der Waals surface area contributed by atoms with E-state index in [2.05, 4.69) is 24.9 Å². The first kappa shape index (κ1) is 15.9. The monoisotopic (exact) mass is 327 g/mol. The lowest BCUT2D eigenvalue weighted by atomic mass is 9.98. The Balaban J connectivity index is 1.97. The van der Waals surface area contributed by atoms with Crippen LogP contribution in [-0.2, 0) is 11.2 Å². The highest BCUT2D eigenvalue weighted by Crippen LogP contribution is 2.26. The normalized spacial score (nSPS) is 12.9. The van der Waals surface area contributed by atoms with Gasteiger partial charge in [-0.1, -0.05) is 32.0 Å². The predicted molar refractivity (Wildman–Crippen MR) is 93.8 cm³/mol. The number of thiazole rings is 1. The summed E-state index contributed by atoms with van der Waals surface area (Å²) in [5.74, 6) is 0.608. The van der Waals surface area contributed by atoms with Crippen molar-refractivity contribution in [2.45, 2.75) is 39.7 Å². The summed E-state index contributed by atoms with van der Waals surface area (Å²) in [4.78, 5) is 17.1. The van der Waals surface area contributed by atoms with Gasteiger partial charge in [0, 0.05) is 22.7 Å². The predicted octanol–water partition coefficient (Wildman–Crippen LogP) is 4.20. The van der Waals surface area contributed by atoms with Gasteiger partial charge < -0.3 is 0 Å². The largest absolute Gasteiger partial charge is 0.297 e. The lowest BCUT2D eigenvalue weighted by Crippen LogP contribution is -2.25. The maximum atomic E-state index is 12.9. The van der Waals surface area contributed by atoms with Gasteiger partial charge in [-0.3, -0.25) is 9.48 Å². The third-order valence-electron chi connectivity index (χ3n) is 4.02. The highest BCUT2D eigenvalue weighted by molar-refractivity contribution is 7.09. The lowest BCUT2D eigenvalue weighted by molar-refractivity contribution is -0.122. The van der Waals surface area contributed by atoms with Gasteiger partial charge >= 0.3 is 0 Å². The molecule has 3 aromatic rings. The molecule has 0 N–H and O–H groups in total. The molecule has 3 rings (SSSR count). The summed E-state index contributed by atoms with van der Waals surface area (Å²) in [6.45, 7) is 6.32. The molecule has 2 aromatic heterocycles. The highest BCUT2D eigenvalue weighted by atomic mass is 32.1. The van der Waals surface area contributed by atoms with Crippen LogP contribution in [-0.4, -0.2) is 20.5 Å². The zero-order valence-corrected chi connectivity index (χ0v) is 14.5. The summed E-state index contributed by atoms with van der Waals surface area (Å²) in [6, 6.07) is 7.82. The van der Waals surface area contributed by atoms with Gasteiger partial charge in [0.15, 0.2) is 5.78 Å². The van der Waals surface area contributed by atoms with Gasteiger partial charge in [0.05, 0.1) is 16.9 Å². The van der Waals surface area contributed by atoms with Crippen LogP contribution in [0.2, 0.25) is 0 Å². The fourth-order valence-corrected chi connectivity index (χ4v) is 3.53. The van der Waals surface area contributed by atoms with Crippen LogP contribution in [0.5, 0.6) is 0 Å². The fraction of sp³-hybridized carbons (Fsp3) is 0.389.